The van der Waals surface area contributed by atoms with Gasteiger partial charge in [0.1, 0.15) is 19.0 Å². The van der Waals surface area contributed by atoms with Gasteiger partial charge in [-0.2, -0.15) is 0 Å². The van der Waals surface area contributed by atoms with Crippen LogP contribution in [-0.4, -0.2) is 19.5 Å². The number of Topliss-reactive ketones (excluding diaryl/α,β-unsaturated/α-hetero) is 1. The van der Waals surface area contributed by atoms with Gasteiger partial charge in [-0.1, -0.05) is 36.4 Å². The van der Waals surface area contributed by atoms with Gasteiger partial charge in [0, 0.05) is 18.2 Å². The molecular weight excluding hydrogens is 264 g/mol. The van der Waals surface area contributed by atoms with Crippen LogP contribution in [0.2, 0.25) is 0 Å². The summed E-state index contributed by atoms with van der Waals surface area (Å²) in [6.45, 7) is 4.50. The van der Waals surface area contributed by atoms with E-state index in [0.29, 0.717) is 12.2 Å². The summed E-state index contributed by atoms with van der Waals surface area (Å²) in [5.74, 6) is 0.821. The van der Waals surface area contributed by atoms with Crippen molar-refractivity contribution in [1.82, 2.24) is 0 Å². The molecule has 0 aliphatic heterocycles. The average Bonchev–Trinajstić information content (AvgIpc) is 2.49. The summed E-state index contributed by atoms with van der Waals surface area (Å²) in [5.41, 5.74) is 3.77. The average molecular weight is 284 g/mol. The maximum absolute atomic E-state index is 12.0. The van der Waals surface area contributed by atoms with Crippen LogP contribution in [0.1, 0.15) is 27.0 Å². The monoisotopic (exact) mass is 284 g/mol. The van der Waals surface area contributed by atoms with E-state index in [1.807, 2.05) is 50.2 Å². The van der Waals surface area contributed by atoms with Crippen LogP contribution in [0.25, 0.3) is 0 Å². The molecule has 2 rings (SSSR count). The molecule has 2 aromatic carbocycles. The van der Waals surface area contributed by atoms with Gasteiger partial charge in [-0.15, -0.1) is 0 Å². The third kappa shape index (κ3) is 3.92. The van der Waals surface area contributed by atoms with E-state index in [4.69, 9.17) is 9.47 Å². The second kappa shape index (κ2) is 7.04. The molecule has 0 fully saturated rings. The third-order valence-corrected chi connectivity index (χ3v) is 3.32. The predicted octanol–water partition coefficient (Wildman–Crippen LogP) is 3.71. The lowest BCUT2D eigenvalue weighted by Crippen LogP contribution is -2.11. The standard InChI is InChI=1S/C18H20O3/c1-13-8-9-14(2)18(10-13)21-11-15-6-4-5-7-16(15)17(19)12-20-3/h4-10H,11-12H2,1-3H3. The minimum absolute atomic E-state index is 0.0299. The molecule has 0 unspecified atom stereocenters. The summed E-state index contributed by atoms with van der Waals surface area (Å²) in [6.07, 6.45) is 0. The van der Waals surface area contributed by atoms with Crippen LogP contribution in [0.5, 0.6) is 5.75 Å². The molecule has 0 aliphatic carbocycles. The Balaban J connectivity index is 2.16. The van der Waals surface area contributed by atoms with Gasteiger partial charge in [-0.3, -0.25) is 4.79 Å². The zero-order valence-corrected chi connectivity index (χ0v) is 12.7. The van der Waals surface area contributed by atoms with E-state index in [1.165, 1.54) is 7.11 Å². The first-order chi connectivity index (χ1) is 10.1. The number of ether oxygens (including phenoxy) is 2. The predicted molar refractivity (Wildman–Crippen MR) is 82.9 cm³/mol. The number of carbonyl (C=O) groups excluding carboxylic acids is 1. The van der Waals surface area contributed by atoms with E-state index in [1.54, 1.807) is 0 Å². The minimum atomic E-state index is -0.0299. The number of methoxy groups -OCH3 is 1. The Bertz CT molecular complexity index is 632. The second-order valence-corrected chi connectivity index (χ2v) is 5.07. The Morgan fingerprint density at radius 1 is 1.10 bits per heavy atom. The molecule has 0 bridgehead atoms. The van der Waals surface area contributed by atoms with E-state index in [0.717, 1.165) is 22.4 Å². The highest BCUT2D eigenvalue weighted by Gasteiger charge is 2.11. The fourth-order valence-electron chi connectivity index (χ4n) is 2.15. The lowest BCUT2D eigenvalue weighted by Gasteiger charge is -2.12. The van der Waals surface area contributed by atoms with Crippen LogP contribution in [-0.2, 0) is 11.3 Å². The molecule has 3 nitrogen and oxygen atoms in total. The van der Waals surface area contributed by atoms with E-state index >= 15 is 0 Å². The molecule has 2 aromatic rings. The number of rotatable bonds is 6. The maximum atomic E-state index is 12.0. The Kier molecular flexibility index (Phi) is 5.12. The van der Waals surface area contributed by atoms with Crippen molar-refractivity contribution in [1.29, 1.82) is 0 Å². The first-order valence-electron chi connectivity index (χ1n) is 6.92. The Labute approximate surface area is 125 Å². The van der Waals surface area contributed by atoms with E-state index in [2.05, 4.69) is 6.07 Å². The number of hydrogen-bond donors (Lipinski definition) is 0. The number of hydrogen-bond acceptors (Lipinski definition) is 3. The molecule has 0 heterocycles. The molecule has 21 heavy (non-hydrogen) atoms. The molecular formula is C18H20O3. The van der Waals surface area contributed by atoms with Crippen molar-refractivity contribution in [3.63, 3.8) is 0 Å². The highest BCUT2D eigenvalue weighted by Crippen LogP contribution is 2.21. The Morgan fingerprint density at radius 2 is 1.86 bits per heavy atom. The molecule has 0 saturated carbocycles. The summed E-state index contributed by atoms with van der Waals surface area (Å²) in [7, 11) is 1.52. The number of aryl methyl sites for hydroxylation is 2. The second-order valence-electron chi connectivity index (χ2n) is 5.07. The maximum Gasteiger partial charge on any atom is 0.188 e. The SMILES string of the molecule is COCC(=O)c1ccccc1COc1cc(C)ccc1C. The highest BCUT2D eigenvalue weighted by molar-refractivity contribution is 5.98. The fourth-order valence-corrected chi connectivity index (χ4v) is 2.15. The lowest BCUT2D eigenvalue weighted by atomic mass is 10.0. The van der Waals surface area contributed by atoms with Crippen molar-refractivity contribution in [3.05, 3.63) is 64.7 Å². The lowest BCUT2D eigenvalue weighted by molar-refractivity contribution is 0.0845. The van der Waals surface area contributed by atoms with Gasteiger partial charge in [0.2, 0.25) is 0 Å². The van der Waals surface area contributed by atoms with Crippen LogP contribution in [0, 0.1) is 13.8 Å². The van der Waals surface area contributed by atoms with E-state index in [9.17, 15) is 4.79 Å². The Morgan fingerprint density at radius 3 is 2.62 bits per heavy atom. The van der Waals surface area contributed by atoms with Crippen LogP contribution >= 0.6 is 0 Å². The van der Waals surface area contributed by atoms with Crippen LogP contribution in [0.4, 0.5) is 0 Å². The molecule has 0 amide bonds. The van der Waals surface area contributed by atoms with Crippen LogP contribution < -0.4 is 4.74 Å². The molecule has 0 aromatic heterocycles. The summed E-state index contributed by atoms with van der Waals surface area (Å²) >= 11 is 0. The van der Waals surface area contributed by atoms with Crippen molar-refractivity contribution in [2.75, 3.05) is 13.7 Å². The zero-order valence-electron chi connectivity index (χ0n) is 12.7. The molecule has 110 valence electrons. The first-order valence-corrected chi connectivity index (χ1v) is 6.92. The summed E-state index contributed by atoms with van der Waals surface area (Å²) < 4.78 is 10.8. The summed E-state index contributed by atoms with van der Waals surface area (Å²) in [6, 6.07) is 13.6. The third-order valence-electron chi connectivity index (χ3n) is 3.32. The van der Waals surface area contributed by atoms with Gasteiger partial charge in [0.25, 0.3) is 0 Å². The van der Waals surface area contributed by atoms with Gasteiger partial charge in [-0.25, -0.2) is 0 Å². The van der Waals surface area contributed by atoms with Crippen molar-refractivity contribution in [2.45, 2.75) is 20.5 Å². The summed E-state index contributed by atoms with van der Waals surface area (Å²) in [5, 5.41) is 0. The minimum Gasteiger partial charge on any atom is -0.489 e. The van der Waals surface area contributed by atoms with Crippen molar-refractivity contribution in [2.24, 2.45) is 0 Å². The van der Waals surface area contributed by atoms with Gasteiger partial charge >= 0.3 is 0 Å². The Hall–Kier alpha value is -2.13. The van der Waals surface area contributed by atoms with Crippen LogP contribution in [0.15, 0.2) is 42.5 Å². The molecule has 3 heteroatoms. The van der Waals surface area contributed by atoms with Crippen molar-refractivity contribution < 1.29 is 14.3 Å². The van der Waals surface area contributed by atoms with Crippen molar-refractivity contribution >= 4 is 5.78 Å². The molecule has 0 aliphatic rings. The van der Waals surface area contributed by atoms with Crippen molar-refractivity contribution in [3.8, 4) is 5.75 Å². The molecule has 0 radical (unpaired) electrons. The molecule has 0 atom stereocenters. The smallest absolute Gasteiger partial charge is 0.188 e. The number of ketones is 1. The molecule has 0 spiro atoms. The molecule has 0 N–H and O–H groups in total. The summed E-state index contributed by atoms with van der Waals surface area (Å²) in [4.78, 5) is 12.0. The van der Waals surface area contributed by atoms with Gasteiger partial charge in [-0.05, 0) is 31.0 Å². The largest absolute Gasteiger partial charge is 0.489 e. The normalized spacial score (nSPS) is 10.4. The molecule has 0 saturated heterocycles. The van der Waals surface area contributed by atoms with Crippen LogP contribution in [0.3, 0.4) is 0 Å². The fraction of sp³-hybridized carbons (Fsp3) is 0.278. The quantitative estimate of drug-likeness (QED) is 0.759. The van der Waals surface area contributed by atoms with Gasteiger partial charge in [0.05, 0.1) is 0 Å². The first kappa shape index (κ1) is 15.3. The number of carbonyl (C=O) groups is 1. The number of benzene rings is 2. The van der Waals surface area contributed by atoms with E-state index < -0.39 is 0 Å². The van der Waals surface area contributed by atoms with E-state index in [-0.39, 0.29) is 12.4 Å². The topological polar surface area (TPSA) is 35.5 Å². The van der Waals surface area contributed by atoms with Gasteiger partial charge in [0.15, 0.2) is 5.78 Å². The van der Waals surface area contributed by atoms with Gasteiger partial charge < -0.3 is 9.47 Å². The zero-order chi connectivity index (χ0) is 15.2. The highest BCUT2D eigenvalue weighted by atomic mass is 16.5.